The zero-order chi connectivity index (χ0) is 15.6. The number of rotatable bonds is 4. The van der Waals surface area contributed by atoms with Gasteiger partial charge in [-0.05, 0) is 18.2 Å². The summed E-state index contributed by atoms with van der Waals surface area (Å²) in [4.78, 5) is 2.11. The number of nitrogens with zero attached hydrogens (tertiary/aromatic N) is 1. The normalized spacial score (nSPS) is 19.5. The van der Waals surface area contributed by atoms with Crippen molar-refractivity contribution >= 4 is 56.1 Å². The SMILES string of the molecule is CCS(=O)(=O)C1CSCCN1c1ccc(Cl)cc1C(N)=S. The second-order valence-electron chi connectivity index (χ2n) is 4.70. The van der Waals surface area contributed by atoms with Gasteiger partial charge in [-0.25, -0.2) is 8.42 Å². The summed E-state index contributed by atoms with van der Waals surface area (Å²) >= 11 is 12.7. The molecule has 1 atom stereocenters. The van der Waals surface area contributed by atoms with Crippen LogP contribution in [0.4, 0.5) is 5.69 Å². The molecule has 1 aliphatic rings. The maximum absolute atomic E-state index is 12.3. The average Bonchev–Trinajstić information content (AvgIpc) is 2.47. The number of thioether (sulfide) groups is 1. The van der Waals surface area contributed by atoms with Crippen LogP contribution in [0.3, 0.4) is 0 Å². The van der Waals surface area contributed by atoms with Gasteiger partial charge >= 0.3 is 0 Å². The van der Waals surface area contributed by atoms with Crippen molar-refractivity contribution in [2.45, 2.75) is 12.3 Å². The Balaban J connectivity index is 2.50. The molecule has 0 saturated carbocycles. The van der Waals surface area contributed by atoms with Crippen molar-refractivity contribution < 1.29 is 8.42 Å². The van der Waals surface area contributed by atoms with Gasteiger partial charge in [-0.2, -0.15) is 11.8 Å². The van der Waals surface area contributed by atoms with E-state index in [9.17, 15) is 8.42 Å². The summed E-state index contributed by atoms with van der Waals surface area (Å²) in [7, 11) is -3.18. The number of hydrogen-bond donors (Lipinski definition) is 1. The third-order valence-electron chi connectivity index (χ3n) is 3.43. The Hall–Kier alpha value is -0.500. The topological polar surface area (TPSA) is 63.4 Å². The molecule has 0 aromatic heterocycles. The molecule has 0 amide bonds. The Morgan fingerprint density at radius 2 is 2.29 bits per heavy atom. The zero-order valence-corrected chi connectivity index (χ0v) is 14.8. The highest BCUT2D eigenvalue weighted by molar-refractivity contribution is 8.01. The second-order valence-corrected chi connectivity index (χ2v) is 9.17. The van der Waals surface area contributed by atoms with Gasteiger partial charge in [0.2, 0.25) is 0 Å². The quantitative estimate of drug-likeness (QED) is 0.827. The van der Waals surface area contributed by atoms with E-state index in [0.717, 1.165) is 11.4 Å². The number of thiocarbonyl (C=S) groups is 1. The first-order chi connectivity index (χ1) is 9.86. The molecule has 0 radical (unpaired) electrons. The first kappa shape index (κ1) is 16.9. The smallest absolute Gasteiger partial charge is 0.171 e. The minimum atomic E-state index is -3.18. The molecule has 2 rings (SSSR count). The molecule has 4 nitrogen and oxygen atoms in total. The van der Waals surface area contributed by atoms with E-state index in [1.807, 2.05) is 4.90 Å². The van der Waals surface area contributed by atoms with Gasteiger partial charge < -0.3 is 10.6 Å². The maximum Gasteiger partial charge on any atom is 0.171 e. The Labute approximate surface area is 139 Å². The molecule has 1 aliphatic heterocycles. The van der Waals surface area contributed by atoms with Crippen molar-refractivity contribution in [2.75, 3.05) is 28.7 Å². The van der Waals surface area contributed by atoms with Crippen LogP contribution in [-0.4, -0.2) is 42.6 Å². The van der Waals surface area contributed by atoms with Crippen LogP contribution in [0.25, 0.3) is 0 Å². The zero-order valence-electron chi connectivity index (χ0n) is 11.6. The van der Waals surface area contributed by atoms with Gasteiger partial charge in [0.05, 0.1) is 0 Å². The molecule has 0 bridgehead atoms. The molecule has 116 valence electrons. The van der Waals surface area contributed by atoms with Gasteiger partial charge in [0.1, 0.15) is 10.4 Å². The highest BCUT2D eigenvalue weighted by Gasteiger charge is 2.34. The van der Waals surface area contributed by atoms with Crippen LogP contribution in [-0.2, 0) is 9.84 Å². The van der Waals surface area contributed by atoms with Crippen LogP contribution in [0.2, 0.25) is 5.02 Å². The van der Waals surface area contributed by atoms with Crippen molar-refractivity contribution in [1.29, 1.82) is 0 Å². The Bertz CT molecular complexity index is 649. The molecule has 2 N–H and O–H groups in total. The summed E-state index contributed by atoms with van der Waals surface area (Å²) in [6.07, 6.45) is 0. The van der Waals surface area contributed by atoms with E-state index in [2.05, 4.69) is 0 Å². The number of hydrogen-bond acceptors (Lipinski definition) is 5. The van der Waals surface area contributed by atoms with Gasteiger partial charge in [-0.3, -0.25) is 0 Å². The second kappa shape index (κ2) is 6.73. The van der Waals surface area contributed by atoms with Crippen molar-refractivity contribution in [3.05, 3.63) is 28.8 Å². The van der Waals surface area contributed by atoms with Crippen molar-refractivity contribution in [1.82, 2.24) is 0 Å². The minimum Gasteiger partial charge on any atom is -0.389 e. The predicted molar refractivity (Wildman–Crippen MR) is 95.3 cm³/mol. The van der Waals surface area contributed by atoms with E-state index in [1.54, 1.807) is 36.9 Å². The summed E-state index contributed by atoms with van der Waals surface area (Å²) < 4.78 is 24.7. The van der Waals surface area contributed by atoms with Crippen LogP contribution in [0.15, 0.2) is 18.2 Å². The lowest BCUT2D eigenvalue weighted by molar-refractivity contribution is 0.579. The van der Waals surface area contributed by atoms with Crippen LogP contribution in [0, 0.1) is 0 Å². The fourth-order valence-electron chi connectivity index (χ4n) is 2.30. The molecule has 0 aliphatic carbocycles. The third-order valence-corrected chi connectivity index (χ3v) is 7.18. The van der Waals surface area contributed by atoms with Crippen molar-refractivity contribution in [3.63, 3.8) is 0 Å². The molecule has 1 aromatic carbocycles. The van der Waals surface area contributed by atoms with Crippen LogP contribution in [0.1, 0.15) is 12.5 Å². The number of halogens is 1. The fraction of sp³-hybridized carbons (Fsp3) is 0.462. The monoisotopic (exact) mass is 364 g/mol. The van der Waals surface area contributed by atoms with E-state index in [4.69, 9.17) is 29.6 Å². The van der Waals surface area contributed by atoms with Crippen LogP contribution < -0.4 is 10.6 Å². The molecule has 1 heterocycles. The number of sulfone groups is 1. The maximum atomic E-state index is 12.3. The predicted octanol–water partition coefficient (Wildman–Crippen LogP) is 2.29. The van der Waals surface area contributed by atoms with Crippen molar-refractivity contribution in [2.24, 2.45) is 5.73 Å². The lowest BCUT2D eigenvalue weighted by atomic mass is 10.1. The largest absolute Gasteiger partial charge is 0.389 e. The summed E-state index contributed by atoms with van der Waals surface area (Å²) in [5.74, 6) is 1.54. The first-order valence-corrected chi connectivity index (χ1v) is 10.2. The molecule has 1 aromatic rings. The molecule has 21 heavy (non-hydrogen) atoms. The lowest BCUT2D eigenvalue weighted by Crippen LogP contribution is -2.48. The van der Waals surface area contributed by atoms with Crippen LogP contribution in [0.5, 0.6) is 0 Å². The first-order valence-electron chi connectivity index (χ1n) is 6.52. The molecular formula is C13H17ClN2O2S3. The van der Waals surface area contributed by atoms with Gasteiger partial charge in [0, 0.05) is 40.1 Å². The van der Waals surface area contributed by atoms with E-state index >= 15 is 0 Å². The Morgan fingerprint density at radius 3 is 2.90 bits per heavy atom. The summed E-state index contributed by atoms with van der Waals surface area (Å²) in [6, 6.07) is 5.22. The summed E-state index contributed by atoms with van der Waals surface area (Å²) in [5.41, 5.74) is 7.14. The highest BCUT2D eigenvalue weighted by Crippen LogP contribution is 2.31. The lowest BCUT2D eigenvalue weighted by Gasteiger charge is -2.37. The van der Waals surface area contributed by atoms with E-state index < -0.39 is 15.2 Å². The standard InChI is InChI=1S/C13H17ClN2O2S3/c1-2-21(17,18)12-8-20-6-5-16(12)11-4-3-9(14)7-10(11)13(15)19/h3-4,7,12H,2,5-6,8H2,1H3,(H2,15,19). The van der Waals surface area contributed by atoms with E-state index in [-0.39, 0.29) is 10.7 Å². The fourth-order valence-corrected chi connectivity index (χ4v) is 5.62. The number of anilines is 1. The van der Waals surface area contributed by atoms with Gasteiger partial charge in [-0.1, -0.05) is 30.7 Å². The average molecular weight is 365 g/mol. The molecule has 0 spiro atoms. The summed E-state index contributed by atoms with van der Waals surface area (Å²) in [5, 5.41) is -0.0154. The molecule has 1 unspecified atom stereocenters. The molecule has 1 saturated heterocycles. The van der Waals surface area contributed by atoms with Crippen LogP contribution >= 0.6 is 35.6 Å². The molecule has 8 heteroatoms. The third kappa shape index (κ3) is 3.64. The Morgan fingerprint density at radius 1 is 1.57 bits per heavy atom. The van der Waals surface area contributed by atoms with Gasteiger partial charge in [-0.15, -0.1) is 0 Å². The minimum absolute atomic E-state index is 0.116. The van der Waals surface area contributed by atoms with E-state index in [0.29, 0.717) is 22.9 Å². The molecular weight excluding hydrogens is 348 g/mol. The van der Waals surface area contributed by atoms with E-state index in [1.165, 1.54) is 0 Å². The number of nitrogens with two attached hydrogens (primary N) is 1. The van der Waals surface area contributed by atoms with Crippen molar-refractivity contribution in [3.8, 4) is 0 Å². The highest BCUT2D eigenvalue weighted by atomic mass is 35.5. The summed E-state index contributed by atoms with van der Waals surface area (Å²) in [6.45, 7) is 2.31. The van der Waals surface area contributed by atoms with Gasteiger partial charge in [0.15, 0.2) is 9.84 Å². The van der Waals surface area contributed by atoms with Gasteiger partial charge in [0.25, 0.3) is 0 Å². The Kier molecular flexibility index (Phi) is 5.40. The number of benzene rings is 1. The molecule has 1 fully saturated rings.